The predicted molar refractivity (Wildman–Crippen MR) is 75.1 cm³/mol. The van der Waals surface area contributed by atoms with Crippen molar-refractivity contribution < 1.29 is 0 Å². The molecule has 2 heterocycles. The number of halogens is 1. The molecule has 90 valence electrons. The van der Waals surface area contributed by atoms with Gasteiger partial charge >= 0.3 is 0 Å². The van der Waals surface area contributed by atoms with Gasteiger partial charge in [-0.15, -0.1) is 22.9 Å². The van der Waals surface area contributed by atoms with Gasteiger partial charge < -0.3 is 4.90 Å². The van der Waals surface area contributed by atoms with Crippen LogP contribution in [0.15, 0.2) is 36.0 Å². The van der Waals surface area contributed by atoms with Crippen LogP contribution in [0.4, 0.5) is 5.69 Å². The second-order valence-electron chi connectivity index (χ2n) is 3.89. The number of hydrogen-bond acceptors (Lipinski definition) is 3. The molecule has 0 spiro atoms. The first kappa shape index (κ1) is 12.4. The van der Waals surface area contributed by atoms with Crippen LogP contribution in [0.5, 0.6) is 0 Å². The average molecular weight is 267 g/mol. The quantitative estimate of drug-likeness (QED) is 0.770. The van der Waals surface area contributed by atoms with Crippen molar-refractivity contribution in [1.29, 1.82) is 0 Å². The van der Waals surface area contributed by atoms with Gasteiger partial charge in [-0.3, -0.25) is 4.98 Å². The van der Waals surface area contributed by atoms with Crippen LogP contribution in [-0.4, -0.2) is 18.6 Å². The molecule has 0 aliphatic carbocycles. The number of likely N-dealkylation sites (N-methyl/N-ethyl adjacent to an activating group) is 1. The summed E-state index contributed by atoms with van der Waals surface area (Å²) in [7, 11) is 2.10. The molecule has 0 aliphatic heterocycles. The van der Waals surface area contributed by atoms with E-state index in [1.54, 1.807) is 11.3 Å². The smallest absolute Gasteiger partial charge is 0.0509 e. The SMILES string of the molecule is CN(CCc1cccs1)c1ccncc1CCl. The summed E-state index contributed by atoms with van der Waals surface area (Å²) in [6, 6.07) is 6.29. The molecule has 0 radical (unpaired) electrons. The Labute approximate surface area is 111 Å². The zero-order valence-corrected chi connectivity index (χ0v) is 11.3. The molecule has 2 nitrogen and oxygen atoms in total. The fourth-order valence-corrected chi connectivity index (χ4v) is 2.65. The first-order chi connectivity index (χ1) is 8.31. The highest BCUT2D eigenvalue weighted by Gasteiger charge is 2.06. The fraction of sp³-hybridized carbons (Fsp3) is 0.308. The van der Waals surface area contributed by atoms with E-state index in [1.807, 2.05) is 18.5 Å². The minimum atomic E-state index is 0.506. The molecule has 0 atom stereocenters. The minimum Gasteiger partial charge on any atom is -0.374 e. The van der Waals surface area contributed by atoms with Crippen molar-refractivity contribution in [2.45, 2.75) is 12.3 Å². The molecule has 2 aromatic rings. The van der Waals surface area contributed by atoms with Gasteiger partial charge in [0.1, 0.15) is 0 Å². The predicted octanol–water partition coefficient (Wildman–Crippen LogP) is 3.56. The number of nitrogens with zero attached hydrogens (tertiary/aromatic N) is 2. The molecule has 0 saturated heterocycles. The molecular formula is C13H15ClN2S. The largest absolute Gasteiger partial charge is 0.374 e. The Balaban J connectivity index is 2.01. The summed E-state index contributed by atoms with van der Waals surface area (Å²) < 4.78 is 0. The highest BCUT2D eigenvalue weighted by Crippen LogP contribution is 2.20. The minimum absolute atomic E-state index is 0.506. The van der Waals surface area contributed by atoms with Gasteiger partial charge in [-0.2, -0.15) is 0 Å². The van der Waals surface area contributed by atoms with E-state index in [0.29, 0.717) is 5.88 Å². The topological polar surface area (TPSA) is 16.1 Å². The van der Waals surface area contributed by atoms with Crippen molar-refractivity contribution in [3.05, 3.63) is 46.4 Å². The second-order valence-corrected chi connectivity index (χ2v) is 5.19. The van der Waals surface area contributed by atoms with Crippen molar-refractivity contribution >= 4 is 28.6 Å². The first-order valence-corrected chi connectivity index (χ1v) is 6.95. The van der Waals surface area contributed by atoms with Gasteiger partial charge in [0.05, 0.1) is 5.88 Å². The summed E-state index contributed by atoms with van der Waals surface area (Å²) in [5.74, 6) is 0.506. The molecule has 0 bridgehead atoms. The van der Waals surface area contributed by atoms with Crippen LogP contribution in [0.3, 0.4) is 0 Å². The van der Waals surface area contributed by atoms with E-state index in [9.17, 15) is 0 Å². The van der Waals surface area contributed by atoms with Crippen LogP contribution in [-0.2, 0) is 12.3 Å². The van der Waals surface area contributed by atoms with Crippen molar-refractivity contribution in [2.75, 3.05) is 18.5 Å². The van der Waals surface area contributed by atoms with Crippen molar-refractivity contribution in [1.82, 2.24) is 4.98 Å². The van der Waals surface area contributed by atoms with Crippen LogP contribution in [0.1, 0.15) is 10.4 Å². The van der Waals surface area contributed by atoms with Gasteiger partial charge in [0.2, 0.25) is 0 Å². The first-order valence-electron chi connectivity index (χ1n) is 5.53. The molecule has 4 heteroatoms. The van der Waals surface area contributed by atoms with E-state index in [-0.39, 0.29) is 0 Å². The molecule has 0 aliphatic rings. The summed E-state index contributed by atoms with van der Waals surface area (Å²) in [6.07, 6.45) is 4.72. The molecule has 0 saturated carbocycles. The molecule has 0 amide bonds. The zero-order chi connectivity index (χ0) is 12.1. The maximum Gasteiger partial charge on any atom is 0.0509 e. The third-order valence-corrected chi connectivity index (χ3v) is 3.93. The van der Waals surface area contributed by atoms with Gasteiger partial charge in [-0.1, -0.05) is 6.07 Å². The molecule has 2 rings (SSSR count). The summed E-state index contributed by atoms with van der Waals surface area (Å²) in [4.78, 5) is 7.75. The molecule has 17 heavy (non-hydrogen) atoms. The third-order valence-electron chi connectivity index (χ3n) is 2.71. The van der Waals surface area contributed by atoms with Gasteiger partial charge in [-0.05, 0) is 23.9 Å². The van der Waals surface area contributed by atoms with Gasteiger partial charge in [0, 0.05) is 42.1 Å². The maximum atomic E-state index is 5.91. The number of rotatable bonds is 5. The highest BCUT2D eigenvalue weighted by molar-refractivity contribution is 7.09. The van der Waals surface area contributed by atoms with Gasteiger partial charge in [-0.25, -0.2) is 0 Å². The number of hydrogen-bond donors (Lipinski definition) is 0. The number of anilines is 1. The Morgan fingerprint density at radius 3 is 3.00 bits per heavy atom. The Kier molecular flexibility index (Phi) is 4.40. The van der Waals surface area contributed by atoms with E-state index in [0.717, 1.165) is 18.5 Å². The standard InChI is InChI=1S/C13H15ClN2S/c1-16(7-5-12-3-2-8-17-12)13-4-6-15-10-11(13)9-14/h2-4,6,8,10H,5,7,9H2,1H3. The van der Waals surface area contributed by atoms with E-state index in [2.05, 4.69) is 34.4 Å². The van der Waals surface area contributed by atoms with Crippen molar-refractivity contribution in [2.24, 2.45) is 0 Å². The summed E-state index contributed by atoms with van der Waals surface area (Å²) >= 11 is 7.72. The molecule has 0 N–H and O–H groups in total. The molecule has 0 fully saturated rings. The maximum absolute atomic E-state index is 5.91. The average Bonchev–Trinajstić information content (AvgIpc) is 2.89. The Morgan fingerprint density at radius 2 is 2.29 bits per heavy atom. The summed E-state index contributed by atoms with van der Waals surface area (Å²) in [5.41, 5.74) is 2.26. The van der Waals surface area contributed by atoms with E-state index in [4.69, 9.17) is 11.6 Å². The van der Waals surface area contributed by atoms with E-state index in [1.165, 1.54) is 10.6 Å². The summed E-state index contributed by atoms with van der Waals surface area (Å²) in [5, 5.41) is 2.12. The second kappa shape index (κ2) is 6.03. The molecule has 0 aromatic carbocycles. The Hall–Kier alpha value is -1.06. The third kappa shape index (κ3) is 3.20. The lowest BCUT2D eigenvalue weighted by molar-refractivity contribution is 0.880. The van der Waals surface area contributed by atoms with Gasteiger partial charge in [0.25, 0.3) is 0 Å². The normalized spacial score (nSPS) is 10.5. The number of aromatic nitrogens is 1. The Morgan fingerprint density at radius 1 is 1.41 bits per heavy atom. The number of alkyl halides is 1. The van der Waals surface area contributed by atoms with Crippen LogP contribution in [0.25, 0.3) is 0 Å². The molecule has 2 aromatic heterocycles. The lowest BCUT2D eigenvalue weighted by atomic mass is 10.2. The molecule has 0 unspecified atom stereocenters. The fourth-order valence-electron chi connectivity index (χ4n) is 1.75. The number of thiophene rings is 1. The number of pyridine rings is 1. The van der Waals surface area contributed by atoms with E-state index < -0.39 is 0 Å². The van der Waals surface area contributed by atoms with Crippen LogP contribution in [0.2, 0.25) is 0 Å². The monoisotopic (exact) mass is 266 g/mol. The molecular weight excluding hydrogens is 252 g/mol. The van der Waals surface area contributed by atoms with Crippen LogP contribution in [0, 0.1) is 0 Å². The van der Waals surface area contributed by atoms with Crippen molar-refractivity contribution in [3.8, 4) is 0 Å². The lowest BCUT2D eigenvalue weighted by Crippen LogP contribution is -2.21. The van der Waals surface area contributed by atoms with Crippen molar-refractivity contribution in [3.63, 3.8) is 0 Å². The highest BCUT2D eigenvalue weighted by atomic mass is 35.5. The summed E-state index contributed by atoms with van der Waals surface area (Å²) in [6.45, 7) is 0.994. The Bertz CT molecular complexity index is 456. The van der Waals surface area contributed by atoms with Crippen LogP contribution < -0.4 is 4.90 Å². The lowest BCUT2D eigenvalue weighted by Gasteiger charge is -2.21. The van der Waals surface area contributed by atoms with Crippen LogP contribution >= 0.6 is 22.9 Å². The zero-order valence-electron chi connectivity index (χ0n) is 9.77. The van der Waals surface area contributed by atoms with E-state index >= 15 is 0 Å². The van der Waals surface area contributed by atoms with Gasteiger partial charge in [0.15, 0.2) is 0 Å².